The average molecular weight is 269 g/mol. The summed E-state index contributed by atoms with van der Waals surface area (Å²) < 4.78 is 14.7. The molecule has 3 heteroatoms. The van der Waals surface area contributed by atoms with Crippen LogP contribution in [-0.2, 0) is 0 Å². The molecule has 0 heterocycles. The fourth-order valence-electron chi connectivity index (χ4n) is 2.53. The zero-order valence-corrected chi connectivity index (χ0v) is 11.3. The molecule has 1 aliphatic rings. The van der Waals surface area contributed by atoms with Gasteiger partial charge in [0, 0.05) is 5.56 Å². The Morgan fingerprint density at radius 2 is 1.80 bits per heavy atom. The lowest BCUT2D eigenvalue weighted by Gasteiger charge is -2.11. The van der Waals surface area contributed by atoms with E-state index in [1.807, 2.05) is 37.3 Å². The van der Waals surface area contributed by atoms with Crippen molar-refractivity contribution in [3.8, 4) is 11.1 Å². The first-order chi connectivity index (χ1) is 9.58. The maximum absolute atomic E-state index is 14.7. The zero-order valence-electron chi connectivity index (χ0n) is 11.3. The van der Waals surface area contributed by atoms with Gasteiger partial charge in [0.2, 0.25) is 0 Å². The second kappa shape index (κ2) is 4.75. The average Bonchev–Trinajstić information content (AvgIpc) is 3.23. The molecule has 20 heavy (non-hydrogen) atoms. The van der Waals surface area contributed by atoms with Crippen LogP contribution in [0.15, 0.2) is 36.4 Å². The topological polar surface area (TPSA) is 43.1 Å². The summed E-state index contributed by atoms with van der Waals surface area (Å²) >= 11 is 0. The normalized spacial score (nSPS) is 14.3. The van der Waals surface area contributed by atoms with Gasteiger partial charge in [0.1, 0.15) is 5.82 Å². The Balaban J connectivity index is 2.15. The minimum absolute atomic E-state index is 0.0607. The molecule has 2 nitrogen and oxygen atoms in total. The van der Waals surface area contributed by atoms with E-state index in [2.05, 4.69) is 0 Å². The monoisotopic (exact) mass is 269 g/mol. The van der Waals surface area contributed by atoms with E-state index in [9.17, 15) is 9.18 Å². The number of hydrogen-bond acceptors (Lipinski definition) is 1. The summed E-state index contributed by atoms with van der Waals surface area (Å²) in [6.07, 6.45) is 2.01. The molecule has 1 aliphatic carbocycles. The van der Waals surface area contributed by atoms with Crippen molar-refractivity contribution in [2.75, 3.05) is 0 Å². The standard InChI is InChI=1S/C17H16FNO/c1-10-2-4-12(5-3-10)14-9-8-13(11-6-7-11)15(16(14)18)17(19)20/h2-5,8-9,11H,6-7H2,1H3,(H2,19,20). The number of hydrogen-bond donors (Lipinski definition) is 1. The fraction of sp³-hybridized carbons (Fsp3) is 0.235. The van der Waals surface area contributed by atoms with Gasteiger partial charge in [-0.25, -0.2) is 4.39 Å². The molecule has 3 rings (SSSR count). The number of amides is 1. The molecule has 0 radical (unpaired) electrons. The summed E-state index contributed by atoms with van der Waals surface area (Å²) in [4.78, 5) is 11.6. The predicted octanol–water partition coefficient (Wildman–Crippen LogP) is 3.78. The van der Waals surface area contributed by atoms with Crippen LogP contribution in [-0.4, -0.2) is 5.91 Å². The molecule has 0 aliphatic heterocycles. The van der Waals surface area contributed by atoms with Gasteiger partial charge in [0.15, 0.2) is 0 Å². The first-order valence-corrected chi connectivity index (χ1v) is 6.77. The fourth-order valence-corrected chi connectivity index (χ4v) is 2.53. The van der Waals surface area contributed by atoms with Crippen LogP contribution >= 0.6 is 0 Å². The van der Waals surface area contributed by atoms with Crippen LogP contribution in [0.2, 0.25) is 0 Å². The molecule has 0 saturated heterocycles. The van der Waals surface area contributed by atoms with E-state index in [-0.39, 0.29) is 5.56 Å². The third-order valence-corrected chi connectivity index (χ3v) is 3.80. The summed E-state index contributed by atoms with van der Waals surface area (Å²) in [6, 6.07) is 11.2. The molecule has 2 aromatic carbocycles. The maximum atomic E-state index is 14.7. The molecule has 1 amide bonds. The minimum atomic E-state index is -0.682. The Labute approximate surface area is 117 Å². The number of benzene rings is 2. The zero-order chi connectivity index (χ0) is 14.3. The van der Waals surface area contributed by atoms with Gasteiger partial charge in [-0.05, 0) is 36.8 Å². The van der Waals surface area contributed by atoms with Crippen LogP contribution in [0.25, 0.3) is 11.1 Å². The van der Waals surface area contributed by atoms with Gasteiger partial charge in [0.05, 0.1) is 5.56 Å². The number of rotatable bonds is 3. The molecule has 102 valence electrons. The van der Waals surface area contributed by atoms with Crippen LogP contribution in [0.4, 0.5) is 4.39 Å². The molecule has 1 fully saturated rings. The van der Waals surface area contributed by atoms with Gasteiger partial charge >= 0.3 is 0 Å². The van der Waals surface area contributed by atoms with Gasteiger partial charge in [-0.2, -0.15) is 0 Å². The Kier molecular flexibility index (Phi) is 3.05. The van der Waals surface area contributed by atoms with Crippen molar-refractivity contribution in [1.29, 1.82) is 0 Å². The second-order valence-corrected chi connectivity index (χ2v) is 5.40. The number of aryl methyl sites for hydroxylation is 1. The molecule has 2 N–H and O–H groups in total. The summed E-state index contributed by atoms with van der Waals surface area (Å²) in [7, 11) is 0. The first kappa shape index (κ1) is 12.9. The second-order valence-electron chi connectivity index (χ2n) is 5.40. The van der Waals surface area contributed by atoms with E-state index in [0.717, 1.165) is 29.5 Å². The number of primary amides is 1. The van der Waals surface area contributed by atoms with Gasteiger partial charge in [-0.15, -0.1) is 0 Å². The molecule has 0 atom stereocenters. The van der Waals surface area contributed by atoms with Crippen molar-refractivity contribution in [3.63, 3.8) is 0 Å². The Morgan fingerprint density at radius 1 is 1.15 bits per heavy atom. The number of halogens is 1. The van der Waals surface area contributed by atoms with E-state index < -0.39 is 11.7 Å². The predicted molar refractivity (Wildman–Crippen MR) is 77.1 cm³/mol. The van der Waals surface area contributed by atoms with Gasteiger partial charge in [-0.3, -0.25) is 4.79 Å². The third kappa shape index (κ3) is 2.20. The quantitative estimate of drug-likeness (QED) is 0.905. The number of carbonyl (C=O) groups excluding carboxylic acids is 1. The maximum Gasteiger partial charge on any atom is 0.251 e. The molecular formula is C17H16FNO. The van der Waals surface area contributed by atoms with Crippen LogP contribution in [0, 0.1) is 12.7 Å². The van der Waals surface area contributed by atoms with E-state index in [4.69, 9.17) is 5.73 Å². The Bertz CT molecular complexity index is 672. The molecular weight excluding hydrogens is 253 g/mol. The lowest BCUT2D eigenvalue weighted by molar-refractivity contribution is 0.0995. The van der Waals surface area contributed by atoms with Crippen molar-refractivity contribution in [3.05, 3.63) is 58.9 Å². The summed E-state index contributed by atoms with van der Waals surface area (Å²) in [5, 5.41) is 0. The molecule has 1 saturated carbocycles. The summed E-state index contributed by atoms with van der Waals surface area (Å²) in [6.45, 7) is 1.98. The minimum Gasteiger partial charge on any atom is -0.365 e. The van der Waals surface area contributed by atoms with Crippen LogP contribution < -0.4 is 5.73 Å². The van der Waals surface area contributed by atoms with Crippen molar-refractivity contribution >= 4 is 5.91 Å². The van der Waals surface area contributed by atoms with E-state index >= 15 is 0 Å². The highest BCUT2D eigenvalue weighted by molar-refractivity contribution is 5.96. The van der Waals surface area contributed by atoms with Crippen molar-refractivity contribution in [2.45, 2.75) is 25.7 Å². The SMILES string of the molecule is Cc1ccc(-c2ccc(C3CC3)c(C(N)=O)c2F)cc1. The largest absolute Gasteiger partial charge is 0.365 e. The van der Waals surface area contributed by atoms with E-state index in [1.54, 1.807) is 6.07 Å². The smallest absolute Gasteiger partial charge is 0.251 e. The summed E-state index contributed by atoms with van der Waals surface area (Å²) in [5.74, 6) is -0.886. The lowest BCUT2D eigenvalue weighted by Crippen LogP contribution is -2.16. The van der Waals surface area contributed by atoms with Crippen molar-refractivity contribution in [1.82, 2.24) is 0 Å². The molecule has 0 unspecified atom stereocenters. The van der Waals surface area contributed by atoms with Crippen LogP contribution in [0.5, 0.6) is 0 Å². The van der Waals surface area contributed by atoms with Crippen molar-refractivity contribution < 1.29 is 9.18 Å². The van der Waals surface area contributed by atoms with Crippen LogP contribution in [0.3, 0.4) is 0 Å². The highest BCUT2D eigenvalue weighted by atomic mass is 19.1. The lowest BCUT2D eigenvalue weighted by atomic mass is 9.95. The van der Waals surface area contributed by atoms with E-state index in [0.29, 0.717) is 11.5 Å². The van der Waals surface area contributed by atoms with E-state index in [1.165, 1.54) is 0 Å². The first-order valence-electron chi connectivity index (χ1n) is 6.77. The molecule has 0 spiro atoms. The van der Waals surface area contributed by atoms with Gasteiger partial charge in [0.25, 0.3) is 5.91 Å². The third-order valence-electron chi connectivity index (χ3n) is 3.80. The molecule has 0 aromatic heterocycles. The molecule has 0 bridgehead atoms. The Hall–Kier alpha value is -2.16. The van der Waals surface area contributed by atoms with Crippen molar-refractivity contribution in [2.24, 2.45) is 5.73 Å². The number of nitrogens with two attached hydrogens (primary N) is 1. The summed E-state index contributed by atoms with van der Waals surface area (Å²) in [5.41, 5.74) is 8.49. The molecule has 2 aromatic rings. The van der Waals surface area contributed by atoms with Gasteiger partial charge in [-0.1, -0.05) is 42.0 Å². The highest BCUT2D eigenvalue weighted by Gasteiger charge is 2.30. The highest BCUT2D eigenvalue weighted by Crippen LogP contribution is 2.43. The van der Waals surface area contributed by atoms with Crippen LogP contribution in [0.1, 0.15) is 40.2 Å². The van der Waals surface area contributed by atoms with Gasteiger partial charge < -0.3 is 5.73 Å². The Morgan fingerprint density at radius 3 is 2.35 bits per heavy atom. The number of carbonyl (C=O) groups is 1.